The Labute approximate surface area is 56.6 Å². The van der Waals surface area contributed by atoms with Crippen molar-refractivity contribution in [1.82, 2.24) is 0 Å². The van der Waals surface area contributed by atoms with Crippen LogP contribution in [0.15, 0.2) is 0 Å². The first-order chi connectivity index (χ1) is 4.38. The van der Waals surface area contributed by atoms with Crippen molar-refractivity contribution in [3.63, 3.8) is 0 Å². The van der Waals surface area contributed by atoms with Crippen molar-refractivity contribution in [1.29, 1.82) is 0 Å². The molecule has 3 aliphatic carbocycles. The standard InChI is InChI=1S/C9H14/c1-2-9(3-4-9)6-8-5-7(1)8/h7-8H,1-6H2/t7-,8-/m0/s1. The molecule has 50 valence electrons. The molecule has 0 N–H and O–H groups in total. The van der Waals surface area contributed by atoms with Gasteiger partial charge in [0.15, 0.2) is 0 Å². The summed E-state index contributed by atoms with van der Waals surface area (Å²) in [5.74, 6) is 2.41. The number of rotatable bonds is 0. The quantitative estimate of drug-likeness (QED) is 0.463. The molecule has 0 aliphatic heterocycles. The fraction of sp³-hybridized carbons (Fsp3) is 1.00. The molecule has 3 saturated carbocycles. The van der Waals surface area contributed by atoms with Crippen molar-refractivity contribution >= 4 is 0 Å². The monoisotopic (exact) mass is 122 g/mol. The first kappa shape index (κ1) is 4.76. The van der Waals surface area contributed by atoms with E-state index >= 15 is 0 Å². The number of hydrogen-bond acceptors (Lipinski definition) is 0. The third kappa shape index (κ3) is 0.595. The van der Waals surface area contributed by atoms with Gasteiger partial charge in [-0.3, -0.25) is 0 Å². The molecule has 1 spiro atoms. The number of hydrogen-bond donors (Lipinski definition) is 0. The molecule has 0 amide bonds. The highest BCUT2D eigenvalue weighted by Gasteiger charge is 2.53. The van der Waals surface area contributed by atoms with E-state index in [0.717, 1.165) is 5.41 Å². The van der Waals surface area contributed by atoms with Gasteiger partial charge in [0.2, 0.25) is 0 Å². The molecular weight excluding hydrogens is 108 g/mol. The summed E-state index contributed by atoms with van der Waals surface area (Å²) in [6, 6.07) is 0. The molecule has 0 radical (unpaired) electrons. The summed E-state index contributed by atoms with van der Waals surface area (Å²) in [7, 11) is 0. The molecule has 0 heterocycles. The molecule has 0 aromatic carbocycles. The van der Waals surface area contributed by atoms with Gasteiger partial charge in [0.05, 0.1) is 0 Å². The molecule has 2 atom stereocenters. The molecule has 0 nitrogen and oxygen atoms in total. The molecule has 0 saturated heterocycles. The number of fused-ring (bicyclic) bond motifs is 1. The van der Waals surface area contributed by atoms with E-state index < -0.39 is 0 Å². The summed E-state index contributed by atoms with van der Waals surface area (Å²) in [5.41, 5.74) is 0.942. The summed E-state index contributed by atoms with van der Waals surface area (Å²) in [5, 5.41) is 0. The van der Waals surface area contributed by atoms with Gasteiger partial charge in [-0.15, -0.1) is 0 Å². The van der Waals surface area contributed by atoms with E-state index in [0.29, 0.717) is 0 Å². The molecule has 0 aromatic rings. The van der Waals surface area contributed by atoms with Crippen molar-refractivity contribution in [2.75, 3.05) is 0 Å². The van der Waals surface area contributed by atoms with Gasteiger partial charge in [-0.2, -0.15) is 0 Å². The zero-order chi connectivity index (χ0) is 5.90. The highest BCUT2D eigenvalue weighted by molar-refractivity contribution is 5.04. The van der Waals surface area contributed by atoms with Gasteiger partial charge in [-0.1, -0.05) is 0 Å². The van der Waals surface area contributed by atoms with Gasteiger partial charge >= 0.3 is 0 Å². The summed E-state index contributed by atoms with van der Waals surface area (Å²) in [6.45, 7) is 0. The van der Waals surface area contributed by atoms with Crippen LogP contribution in [0.2, 0.25) is 0 Å². The van der Waals surface area contributed by atoms with Gasteiger partial charge in [0.1, 0.15) is 0 Å². The van der Waals surface area contributed by atoms with Crippen molar-refractivity contribution < 1.29 is 0 Å². The van der Waals surface area contributed by atoms with Crippen LogP contribution in [0.3, 0.4) is 0 Å². The molecule has 0 unspecified atom stereocenters. The van der Waals surface area contributed by atoms with Crippen LogP contribution in [0.5, 0.6) is 0 Å². The Kier molecular flexibility index (Phi) is 0.640. The fourth-order valence-electron chi connectivity index (χ4n) is 2.69. The summed E-state index contributed by atoms with van der Waals surface area (Å²) in [6.07, 6.45) is 9.56. The van der Waals surface area contributed by atoms with E-state index in [2.05, 4.69) is 0 Å². The highest BCUT2D eigenvalue weighted by atomic mass is 14.6. The predicted octanol–water partition coefficient (Wildman–Crippen LogP) is 2.59. The second kappa shape index (κ2) is 1.21. The maximum absolute atomic E-state index is 1.62. The summed E-state index contributed by atoms with van der Waals surface area (Å²) < 4.78 is 0. The third-order valence-corrected chi connectivity index (χ3v) is 3.77. The van der Waals surface area contributed by atoms with Crippen LogP contribution in [0.25, 0.3) is 0 Å². The Morgan fingerprint density at radius 1 is 1.00 bits per heavy atom. The summed E-state index contributed by atoms with van der Waals surface area (Å²) >= 11 is 0. The van der Waals surface area contributed by atoms with E-state index in [9.17, 15) is 0 Å². The van der Waals surface area contributed by atoms with Crippen LogP contribution in [0.1, 0.15) is 38.5 Å². The predicted molar refractivity (Wildman–Crippen MR) is 37.1 cm³/mol. The maximum Gasteiger partial charge on any atom is -0.0294 e. The average Bonchev–Trinajstić information content (AvgIpc) is 2.70. The molecular formula is C9H14. The average molecular weight is 122 g/mol. The lowest BCUT2D eigenvalue weighted by Crippen LogP contribution is -2.08. The molecule has 3 rings (SSSR count). The lowest BCUT2D eigenvalue weighted by Gasteiger charge is -2.19. The largest absolute Gasteiger partial charge is 0.0496 e. The Morgan fingerprint density at radius 3 is 2.56 bits per heavy atom. The second-order valence-corrected chi connectivity index (χ2v) is 4.50. The van der Waals surface area contributed by atoms with Gasteiger partial charge in [0, 0.05) is 0 Å². The van der Waals surface area contributed by atoms with Crippen LogP contribution in [-0.4, -0.2) is 0 Å². The van der Waals surface area contributed by atoms with Crippen LogP contribution in [-0.2, 0) is 0 Å². The van der Waals surface area contributed by atoms with Gasteiger partial charge < -0.3 is 0 Å². The first-order valence-corrected chi connectivity index (χ1v) is 4.38. The van der Waals surface area contributed by atoms with E-state index in [1.165, 1.54) is 11.8 Å². The topological polar surface area (TPSA) is 0 Å². The van der Waals surface area contributed by atoms with Crippen LogP contribution in [0, 0.1) is 17.3 Å². The Bertz CT molecular complexity index is 144. The Morgan fingerprint density at radius 2 is 1.89 bits per heavy atom. The van der Waals surface area contributed by atoms with Crippen molar-refractivity contribution in [2.24, 2.45) is 17.3 Å². The van der Waals surface area contributed by atoms with Crippen LogP contribution < -0.4 is 0 Å². The minimum atomic E-state index is 0.942. The smallest absolute Gasteiger partial charge is 0.0294 e. The lowest BCUT2D eigenvalue weighted by atomic mass is 9.87. The molecule has 0 aromatic heterocycles. The fourth-order valence-corrected chi connectivity index (χ4v) is 2.69. The van der Waals surface area contributed by atoms with Gasteiger partial charge in [-0.05, 0) is 55.8 Å². The van der Waals surface area contributed by atoms with Gasteiger partial charge in [-0.25, -0.2) is 0 Å². The Balaban J connectivity index is 1.80. The van der Waals surface area contributed by atoms with E-state index in [4.69, 9.17) is 0 Å². The van der Waals surface area contributed by atoms with Crippen molar-refractivity contribution in [3.8, 4) is 0 Å². The van der Waals surface area contributed by atoms with Crippen molar-refractivity contribution in [3.05, 3.63) is 0 Å². The SMILES string of the molecule is C1CC2(CC2)C[C@@H]2C[C@H]12. The van der Waals surface area contributed by atoms with Crippen molar-refractivity contribution in [2.45, 2.75) is 38.5 Å². The lowest BCUT2D eigenvalue weighted by molar-refractivity contribution is 0.322. The van der Waals surface area contributed by atoms with Crippen LogP contribution >= 0.6 is 0 Å². The summed E-state index contributed by atoms with van der Waals surface area (Å²) in [4.78, 5) is 0. The molecule has 3 aliphatic rings. The van der Waals surface area contributed by atoms with E-state index in [1.807, 2.05) is 0 Å². The first-order valence-electron chi connectivity index (χ1n) is 4.38. The minimum Gasteiger partial charge on any atom is -0.0496 e. The van der Waals surface area contributed by atoms with E-state index in [1.54, 1.807) is 38.5 Å². The second-order valence-electron chi connectivity index (χ2n) is 4.50. The third-order valence-electron chi connectivity index (χ3n) is 3.77. The molecule has 0 heteroatoms. The highest BCUT2D eigenvalue weighted by Crippen LogP contribution is 2.65. The normalized spacial score (nSPS) is 50.7. The van der Waals surface area contributed by atoms with E-state index in [-0.39, 0.29) is 0 Å². The zero-order valence-electron chi connectivity index (χ0n) is 5.90. The maximum atomic E-state index is 1.62. The minimum absolute atomic E-state index is 0.942. The molecule has 3 fully saturated rings. The Hall–Kier alpha value is 0. The van der Waals surface area contributed by atoms with Gasteiger partial charge in [0.25, 0.3) is 0 Å². The zero-order valence-corrected chi connectivity index (χ0v) is 5.90. The molecule has 0 bridgehead atoms. The molecule has 9 heavy (non-hydrogen) atoms. The van der Waals surface area contributed by atoms with Crippen LogP contribution in [0.4, 0.5) is 0 Å².